The lowest BCUT2D eigenvalue weighted by Crippen LogP contribution is -2.16. The molecule has 10 heteroatoms. The van der Waals surface area contributed by atoms with Gasteiger partial charge in [0.25, 0.3) is 5.69 Å². The van der Waals surface area contributed by atoms with Crippen molar-refractivity contribution in [2.45, 2.75) is 43.8 Å². The number of nitrogens with one attached hydrogen (secondary N) is 1. The van der Waals surface area contributed by atoms with E-state index in [1.54, 1.807) is 19.1 Å². The summed E-state index contributed by atoms with van der Waals surface area (Å²) in [6.45, 7) is 1.76. The number of aryl methyl sites for hydroxylation is 1. The van der Waals surface area contributed by atoms with Gasteiger partial charge in [-0.2, -0.15) is 0 Å². The number of nitro groups is 1. The molecular weight excluding hydrogens is 450 g/mol. The summed E-state index contributed by atoms with van der Waals surface area (Å²) in [7, 11) is 0. The number of nitro benzene ring substituents is 1. The molecule has 32 heavy (non-hydrogen) atoms. The molecule has 0 saturated heterocycles. The van der Waals surface area contributed by atoms with Crippen molar-refractivity contribution in [3.8, 4) is 11.4 Å². The third-order valence-corrected chi connectivity index (χ3v) is 6.70. The van der Waals surface area contributed by atoms with Crippen LogP contribution in [-0.2, 0) is 4.79 Å². The Hall–Kier alpha value is -2.91. The first-order valence-electron chi connectivity index (χ1n) is 10.3. The number of anilines is 1. The van der Waals surface area contributed by atoms with Gasteiger partial charge < -0.3 is 5.32 Å². The van der Waals surface area contributed by atoms with Gasteiger partial charge in [-0.3, -0.25) is 19.5 Å². The predicted octanol–water partition coefficient (Wildman–Crippen LogP) is 5.66. The van der Waals surface area contributed by atoms with E-state index in [9.17, 15) is 14.9 Å². The van der Waals surface area contributed by atoms with Crippen molar-refractivity contribution in [2.24, 2.45) is 0 Å². The van der Waals surface area contributed by atoms with Gasteiger partial charge in [0.2, 0.25) is 5.91 Å². The van der Waals surface area contributed by atoms with Gasteiger partial charge in [-0.15, -0.1) is 10.2 Å². The maximum Gasteiger partial charge on any atom is 0.293 e. The molecule has 166 valence electrons. The van der Waals surface area contributed by atoms with Gasteiger partial charge in [-0.25, -0.2) is 0 Å². The molecule has 3 aromatic rings. The molecule has 1 heterocycles. The molecule has 1 fully saturated rings. The van der Waals surface area contributed by atoms with E-state index in [0.29, 0.717) is 16.0 Å². The smallest absolute Gasteiger partial charge is 0.293 e. The zero-order valence-corrected chi connectivity index (χ0v) is 19.0. The Bertz CT molecular complexity index is 1160. The molecule has 1 N–H and O–H groups in total. The number of thioether (sulfide) groups is 1. The van der Waals surface area contributed by atoms with Gasteiger partial charge in [0.05, 0.1) is 15.7 Å². The van der Waals surface area contributed by atoms with Gasteiger partial charge in [0, 0.05) is 17.7 Å². The highest BCUT2D eigenvalue weighted by atomic mass is 35.5. The minimum atomic E-state index is -0.498. The number of nitrogens with zero attached hydrogens (tertiary/aromatic N) is 4. The summed E-state index contributed by atoms with van der Waals surface area (Å²) in [5.74, 6) is 0.403. The van der Waals surface area contributed by atoms with Gasteiger partial charge in [0.1, 0.15) is 5.69 Å². The van der Waals surface area contributed by atoms with Crippen LogP contribution in [0.4, 0.5) is 11.4 Å². The second kappa shape index (κ2) is 9.70. The summed E-state index contributed by atoms with van der Waals surface area (Å²) in [5, 5.41) is 23.9. The number of rotatable bonds is 7. The molecule has 1 amide bonds. The lowest BCUT2D eigenvalue weighted by Gasteiger charge is -2.17. The Labute approximate surface area is 194 Å². The maximum absolute atomic E-state index is 12.6. The number of benzene rings is 2. The van der Waals surface area contributed by atoms with E-state index in [2.05, 4.69) is 20.1 Å². The average molecular weight is 472 g/mol. The Balaban J connectivity index is 1.54. The molecule has 1 aliphatic carbocycles. The summed E-state index contributed by atoms with van der Waals surface area (Å²) in [6, 6.07) is 12.5. The Morgan fingerprint density at radius 2 is 2.00 bits per heavy atom. The third kappa shape index (κ3) is 4.78. The van der Waals surface area contributed by atoms with Crippen LogP contribution in [0.5, 0.6) is 0 Å². The topological polar surface area (TPSA) is 103 Å². The van der Waals surface area contributed by atoms with Crippen molar-refractivity contribution >= 4 is 40.6 Å². The van der Waals surface area contributed by atoms with Crippen molar-refractivity contribution in [1.29, 1.82) is 0 Å². The number of hydrogen-bond acceptors (Lipinski definition) is 6. The van der Waals surface area contributed by atoms with Crippen LogP contribution in [-0.4, -0.2) is 31.3 Å². The van der Waals surface area contributed by atoms with E-state index in [1.807, 2.05) is 24.3 Å². The molecule has 0 atom stereocenters. The van der Waals surface area contributed by atoms with Crippen LogP contribution < -0.4 is 5.32 Å². The van der Waals surface area contributed by atoms with Crippen molar-refractivity contribution in [3.05, 3.63) is 63.2 Å². The fraction of sp³-hybridized carbons (Fsp3) is 0.318. The molecule has 8 nitrogen and oxygen atoms in total. The fourth-order valence-corrected chi connectivity index (χ4v) is 4.93. The van der Waals surface area contributed by atoms with Gasteiger partial charge in [-0.1, -0.05) is 54.4 Å². The average Bonchev–Trinajstić information content (AvgIpc) is 3.43. The standard InChI is InChI=1S/C22H22ClN5O3S/c1-14-10-11-18(19(12-14)28(30)31)24-20(29)13-32-22-26-25-21(16-8-4-5-9-17(16)23)27(22)15-6-2-3-7-15/h4-5,8-12,15H,2-3,6-7,13H2,1H3,(H,24,29). The lowest BCUT2D eigenvalue weighted by atomic mass is 10.2. The van der Waals surface area contributed by atoms with E-state index < -0.39 is 4.92 Å². The highest BCUT2D eigenvalue weighted by Crippen LogP contribution is 2.38. The molecule has 1 aromatic heterocycles. The quantitative estimate of drug-likeness (QED) is 0.271. The van der Waals surface area contributed by atoms with Crippen LogP contribution >= 0.6 is 23.4 Å². The molecule has 2 aromatic carbocycles. The molecule has 0 bridgehead atoms. The second-order valence-corrected chi connectivity index (χ2v) is 9.06. The summed E-state index contributed by atoms with van der Waals surface area (Å²) in [5.41, 5.74) is 1.61. The predicted molar refractivity (Wildman–Crippen MR) is 125 cm³/mol. The second-order valence-electron chi connectivity index (χ2n) is 7.71. The van der Waals surface area contributed by atoms with Crippen LogP contribution in [0.15, 0.2) is 47.6 Å². The van der Waals surface area contributed by atoms with Crippen molar-refractivity contribution < 1.29 is 9.72 Å². The minimum Gasteiger partial charge on any atom is -0.320 e. The van der Waals surface area contributed by atoms with Gasteiger partial charge >= 0.3 is 0 Å². The van der Waals surface area contributed by atoms with Gasteiger partial charge in [-0.05, 0) is 43.5 Å². The largest absolute Gasteiger partial charge is 0.320 e. The van der Waals surface area contributed by atoms with Crippen LogP contribution in [0.3, 0.4) is 0 Å². The normalized spacial score (nSPS) is 13.9. The first-order chi connectivity index (χ1) is 15.4. The van der Waals surface area contributed by atoms with Crippen LogP contribution in [0, 0.1) is 17.0 Å². The third-order valence-electron chi connectivity index (χ3n) is 5.43. The van der Waals surface area contributed by atoms with Crippen LogP contribution in [0.25, 0.3) is 11.4 Å². The van der Waals surface area contributed by atoms with Gasteiger partial charge in [0.15, 0.2) is 11.0 Å². The highest BCUT2D eigenvalue weighted by Gasteiger charge is 2.26. The van der Waals surface area contributed by atoms with Crippen LogP contribution in [0.2, 0.25) is 5.02 Å². The van der Waals surface area contributed by atoms with Crippen molar-refractivity contribution in [3.63, 3.8) is 0 Å². The molecular formula is C22H22ClN5O3S. The highest BCUT2D eigenvalue weighted by molar-refractivity contribution is 7.99. The number of aromatic nitrogens is 3. The van der Waals surface area contributed by atoms with E-state index in [4.69, 9.17) is 11.6 Å². The van der Waals surface area contributed by atoms with E-state index in [1.165, 1.54) is 17.8 Å². The molecule has 1 saturated carbocycles. The van der Waals surface area contributed by atoms with Crippen molar-refractivity contribution in [2.75, 3.05) is 11.1 Å². The molecule has 1 aliphatic rings. The van der Waals surface area contributed by atoms with E-state index in [-0.39, 0.29) is 29.1 Å². The molecule has 0 unspecified atom stereocenters. The molecule has 0 spiro atoms. The summed E-state index contributed by atoms with van der Waals surface area (Å²) in [4.78, 5) is 23.4. The first-order valence-corrected chi connectivity index (χ1v) is 11.7. The number of carbonyl (C=O) groups excluding carboxylic acids is 1. The Morgan fingerprint density at radius 3 is 2.72 bits per heavy atom. The summed E-state index contributed by atoms with van der Waals surface area (Å²) in [6.07, 6.45) is 4.30. The Morgan fingerprint density at radius 1 is 1.25 bits per heavy atom. The Kier molecular flexibility index (Phi) is 6.76. The summed E-state index contributed by atoms with van der Waals surface area (Å²) < 4.78 is 2.08. The summed E-state index contributed by atoms with van der Waals surface area (Å²) >= 11 is 7.67. The van der Waals surface area contributed by atoms with E-state index >= 15 is 0 Å². The lowest BCUT2D eigenvalue weighted by molar-refractivity contribution is -0.384. The molecule has 0 radical (unpaired) electrons. The zero-order valence-electron chi connectivity index (χ0n) is 17.5. The maximum atomic E-state index is 12.6. The minimum absolute atomic E-state index is 0.0540. The number of halogens is 1. The SMILES string of the molecule is Cc1ccc(NC(=O)CSc2nnc(-c3ccccc3Cl)n2C2CCCC2)c([N+](=O)[O-])c1. The number of amides is 1. The zero-order chi connectivity index (χ0) is 22.7. The fourth-order valence-electron chi connectivity index (χ4n) is 3.91. The monoisotopic (exact) mass is 471 g/mol. The number of hydrogen-bond donors (Lipinski definition) is 1. The molecule has 4 rings (SSSR count). The van der Waals surface area contributed by atoms with Crippen LogP contribution in [0.1, 0.15) is 37.3 Å². The number of carbonyl (C=O) groups is 1. The van der Waals surface area contributed by atoms with E-state index in [0.717, 1.165) is 36.8 Å². The first kappa shape index (κ1) is 22.3. The van der Waals surface area contributed by atoms with Crippen molar-refractivity contribution in [1.82, 2.24) is 14.8 Å². The molecule has 0 aliphatic heterocycles.